The summed E-state index contributed by atoms with van der Waals surface area (Å²) in [4.78, 5) is 12.9. The number of sulfonamides is 1. The van der Waals surface area contributed by atoms with Gasteiger partial charge in [-0.15, -0.1) is 0 Å². The molecule has 2 aromatic carbocycles. The smallest absolute Gasteiger partial charge is 0.243 e. The van der Waals surface area contributed by atoms with E-state index in [9.17, 15) is 13.2 Å². The fraction of sp³-hybridized carbons (Fsp3) is 0.350. The van der Waals surface area contributed by atoms with E-state index < -0.39 is 16.1 Å². The Balaban J connectivity index is 1.72. The summed E-state index contributed by atoms with van der Waals surface area (Å²) in [7, 11) is -3.76. The molecule has 0 aromatic heterocycles. The Morgan fingerprint density at radius 3 is 2.64 bits per heavy atom. The number of halogens is 1. The molecule has 28 heavy (non-hydrogen) atoms. The van der Waals surface area contributed by atoms with Gasteiger partial charge in [-0.3, -0.25) is 4.79 Å². The van der Waals surface area contributed by atoms with E-state index in [1.54, 1.807) is 0 Å². The van der Waals surface area contributed by atoms with E-state index in [0.717, 1.165) is 5.56 Å². The van der Waals surface area contributed by atoms with Crippen molar-refractivity contribution < 1.29 is 17.9 Å². The van der Waals surface area contributed by atoms with E-state index in [4.69, 9.17) is 16.3 Å². The Bertz CT molecular complexity index is 931. The molecule has 0 spiro atoms. The minimum absolute atomic E-state index is 0.137. The maximum absolute atomic E-state index is 13.0. The third-order valence-electron chi connectivity index (χ3n) is 4.65. The summed E-state index contributed by atoms with van der Waals surface area (Å²) in [6.07, 6.45) is 1.13. The lowest BCUT2D eigenvalue weighted by atomic mass is 10.2. The summed E-state index contributed by atoms with van der Waals surface area (Å²) in [6.45, 7) is 3.02. The number of para-hydroxylation sites is 1. The van der Waals surface area contributed by atoms with Crippen LogP contribution in [0.5, 0.6) is 5.75 Å². The molecule has 2 aromatic rings. The molecule has 150 valence electrons. The van der Waals surface area contributed by atoms with Crippen LogP contribution < -0.4 is 10.1 Å². The number of hydrogen-bond acceptors (Lipinski definition) is 4. The predicted octanol–water partition coefficient (Wildman–Crippen LogP) is 3.21. The maximum Gasteiger partial charge on any atom is 0.243 e. The number of nitrogens with zero attached hydrogens (tertiary/aromatic N) is 1. The highest BCUT2D eigenvalue weighted by molar-refractivity contribution is 7.89. The van der Waals surface area contributed by atoms with Crippen molar-refractivity contribution in [1.29, 1.82) is 0 Å². The largest absolute Gasteiger partial charge is 0.494 e. The topological polar surface area (TPSA) is 75.7 Å². The van der Waals surface area contributed by atoms with Crippen molar-refractivity contribution in [2.24, 2.45) is 0 Å². The van der Waals surface area contributed by atoms with Gasteiger partial charge in [0, 0.05) is 23.7 Å². The third-order valence-corrected chi connectivity index (χ3v) is 6.83. The lowest BCUT2D eigenvalue weighted by Crippen LogP contribution is -2.45. The summed E-state index contributed by atoms with van der Waals surface area (Å²) in [5, 5.41) is 3.32. The van der Waals surface area contributed by atoms with Gasteiger partial charge in [-0.05, 0) is 50.1 Å². The van der Waals surface area contributed by atoms with Crippen LogP contribution in [0.1, 0.15) is 25.3 Å². The van der Waals surface area contributed by atoms with E-state index in [1.165, 1.54) is 28.6 Å². The van der Waals surface area contributed by atoms with Gasteiger partial charge in [0.25, 0.3) is 0 Å². The highest BCUT2D eigenvalue weighted by atomic mass is 35.5. The van der Waals surface area contributed by atoms with Crippen molar-refractivity contribution in [3.8, 4) is 5.75 Å². The number of ether oxygens (including phenoxy) is 1. The Labute approximate surface area is 170 Å². The summed E-state index contributed by atoms with van der Waals surface area (Å²) in [6, 6.07) is 12.7. The molecule has 0 radical (unpaired) electrons. The van der Waals surface area contributed by atoms with Gasteiger partial charge in [-0.1, -0.05) is 29.8 Å². The number of amides is 1. The summed E-state index contributed by atoms with van der Waals surface area (Å²) < 4.78 is 32.8. The van der Waals surface area contributed by atoms with Gasteiger partial charge in [0.05, 0.1) is 11.5 Å². The van der Waals surface area contributed by atoms with Crippen LogP contribution in [0.15, 0.2) is 53.4 Å². The van der Waals surface area contributed by atoms with E-state index in [1.807, 2.05) is 31.2 Å². The number of hydrogen-bond donors (Lipinski definition) is 1. The zero-order valence-corrected chi connectivity index (χ0v) is 17.2. The second-order valence-electron chi connectivity index (χ2n) is 6.49. The van der Waals surface area contributed by atoms with Crippen LogP contribution >= 0.6 is 11.6 Å². The molecule has 1 amide bonds. The van der Waals surface area contributed by atoms with Gasteiger partial charge in [-0.2, -0.15) is 4.31 Å². The highest BCUT2D eigenvalue weighted by Crippen LogP contribution is 2.27. The first-order valence-electron chi connectivity index (χ1n) is 9.19. The maximum atomic E-state index is 13.0. The molecule has 0 saturated carbocycles. The van der Waals surface area contributed by atoms with Crippen LogP contribution in [-0.2, 0) is 21.4 Å². The second-order valence-corrected chi connectivity index (χ2v) is 8.81. The molecule has 1 N–H and O–H groups in total. The molecule has 8 heteroatoms. The first kappa shape index (κ1) is 20.6. The summed E-state index contributed by atoms with van der Waals surface area (Å²) in [5.74, 6) is 0.406. The number of carbonyl (C=O) groups is 1. The summed E-state index contributed by atoms with van der Waals surface area (Å²) in [5.41, 5.74) is 0.850. The Kier molecular flexibility index (Phi) is 6.59. The number of benzene rings is 2. The molecule has 6 nitrogen and oxygen atoms in total. The quantitative estimate of drug-likeness (QED) is 0.743. The third kappa shape index (κ3) is 4.48. The van der Waals surface area contributed by atoms with Gasteiger partial charge in [0.1, 0.15) is 11.8 Å². The molecule has 0 aliphatic carbocycles. The fourth-order valence-corrected chi connectivity index (χ4v) is 5.06. The molecule has 0 unspecified atom stereocenters. The molecular formula is C20H23ClN2O4S. The number of carbonyl (C=O) groups excluding carboxylic acids is 1. The van der Waals surface area contributed by atoms with Crippen LogP contribution in [0.3, 0.4) is 0 Å². The van der Waals surface area contributed by atoms with Crippen molar-refractivity contribution >= 4 is 27.5 Å². The SMILES string of the molecule is CCOc1ccccc1CNC(=O)[C@@H]1CCCN1S(=O)(=O)c1ccc(Cl)cc1. The van der Waals surface area contributed by atoms with Crippen molar-refractivity contribution in [2.45, 2.75) is 37.2 Å². The average Bonchev–Trinajstić information content (AvgIpc) is 3.18. The van der Waals surface area contributed by atoms with Gasteiger partial charge in [0.2, 0.25) is 15.9 Å². The molecular weight excluding hydrogens is 400 g/mol. The van der Waals surface area contributed by atoms with Gasteiger partial charge in [-0.25, -0.2) is 8.42 Å². The van der Waals surface area contributed by atoms with Gasteiger partial charge >= 0.3 is 0 Å². The van der Waals surface area contributed by atoms with Crippen LogP contribution in [0, 0.1) is 0 Å². The van der Waals surface area contributed by atoms with Crippen molar-refractivity contribution in [3.63, 3.8) is 0 Å². The van der Waals surface area contributed by atoms with Gasteiger partial charge in [0.15, 0.2) is 0 Å². The molecule has 1 aliphatic rings. The van der Waals surface area contributed by atoms with Crippen molar-refractivity contribution in [3.05, 3.63) is 59.1 Å². The van der Waals surface area contributed by atoms with E-state index >= 15 is 0 Å². The molecule has 1 fully saturated rings. The minimum atomic E-state index is -3.76. The molecule has 1 heterocycles. The summed E-state index contributed by atoms with van der Waals surface area (Å²) >= 11 is 5.85. The molecule has 1 aliphatic heterocycles. The highest BCUT2D eigenvalue weighted by Gasteiger charge is 2.39. The predicted molar refractivity (Wildman–Crippen MR) is 108 cm³/mol. The molecule has 0 bridgehead atoms. The van der Waals surface area contributed by atoms with Crippen LogP contribution in [0.2, 0.25) is 5.02 Å². The Morgan fingerprint density at radius 1 is 1.21 bits per heavy atom. The number of nitrogens with one attached hydrogen (secondary N) is 1. The standard InChI is InChI=1S/C20H23ClN2O4S/c1-2-27-19-8-4-3-6-15(19)14-22-20(24)18-7-5-13-23(18)28(25,26)17-11-9-16(21)10-12-17/h3-4,6,8-12,18H,2,5,7,13-14H2,1H3,(H,22,24)/t18-/m0/s1. The first-order chi connectivity index (χ1) is 13.4. The van der Waals surface area contributed by atoms with Crippen molar-refractivity contribution in [1.82, 2.24) is 9.62 Å². The minimum Gasteiger partial charge on any atom is -0.494 e. The van der Waals surface area contributed by atoms with E-state index in [-0.39, 0.29) is 17.3 Å². The Morgan fingerprint density at radius 2 is 1.93 bits per heavy atom. The fourth-order valence-electron chi connectivity index (χ4n) is 3.28. The Hall–Kier alpha value is -2.09. The van der Waals surface area contributed by atoms with Crippen LogP contribution in [0.4, 0.5) is 0 Å². The number of rotatable bonds is 7. The molecule has 1 atom stereocenters. The lowest BCUT2D eigenvalue weighted by molar-refractivity contribution is -0.124. The monoisotopic (exact) mass is 422 g/mol. The van der Waals surface area contributed by atoms with Crippen molar-refractivity contribution in [2.75, 3.05) is 13.2 Å². The lowest BCUT2D eigenvalue weighted by Gasteiger charge is -2.23. The van der Waals surface area contributed by atoms with Crippen LogP contribution in [0.25, 0.3) is 0 Å². The normalized spacial score (nSPS) is 17.4. The van der Waals surface area contributed by atoms with Crippen LogP contribution in [-0.4, -0.2) is 37.8 Å². The van der Waals surface area contributed by atoms with E-state index in [2.05, 4.69) is 5.32 Å². The zero-order valence-electron chi connectivity index (χ0n) is 15.6. The van der Waals surface area contributed by atoms with Gasteiger partial charge < -0.3 is 10.1 Å². The molecule has 3 rings (SSSR count). The molecule has 1 saturated heterocycles. The zero-order chi connectivity index (χ0) is 20.1. The van der Waals surface area contributed by atoms with E-state index in [0.29, 0.717) is 36.8 Å². The average molecular weight is 423 g/mol. The first-order valence-corrected chi connectivity index (χ1v) is 11.0. The second kappa shape index (κ2) is 8.94.